The topological polar surface area (TPSA) is 15.3 Å². The first-order chi connectivity index (χ1) is 8.92. The van der Waals surface area contributed by atoms with Crippen LogP contribution >= 0.6 is 11.6 Å². The van der Waals surface area contributed by atoms with Crippen LogP contribution in [0.5, 0.6) is 0 Å². The molecule has 1 heterocycles. The molecule has 1 unspecified atom stereocenters. The smallest absolute Gasteiger partial charge is 0.0409 e. The lowest BCUT2D eigenvalue weighted by molar-refractivity contribution is 0.305. The molecule has 1 fully saturated rings. The Kier molecular flexibility index (Phi) is 4.88. The standard InChI is InChI=1S/C16H25ClN2/c1-16(2,3)18-10-14-7-8-19(12-14)11-13-5-4-6-15(17)9-13/h4-6,9,14,18H,7-8,10-12H2,1-3H3. The number of rotatable bonds is 4. The molecule has 0 radical (unpaired) electrons. The van der Waals surface area contributed by atoms with Crippen LogP contribution in [-0.4, -0.2) is 30.1 Å². The molecule has 0 aromatic heterocycles. The average molecular weight is 281 g/mol. The summed E-state index contributed by atoms with van der Waals surface area (Å²) in [7, 11) is 0. The van der Waals surface area contributed by atoms with Crippen LogP contribution < -0.4 is 5.32 Å². The van der Waals surface area contributed by atoms with Crippen molar-refractivity contribution in [1.29, 1.82) is 0 Å². The molecule has 1 aromatic rings. The lowest BCUT2D eigenvalue weighted by atomic mass is 10.1. The monoisotopic (exact) mass is 280 g/mol. The zero-order valence-corrected chi connectivity index (χ0v) is 13.0. The van der Waals surface area contributed by atoms with E-state index in [9.17, 15) is 0 Å². The van der Waals surface area contributed by atoms with Crippen molar-refractivity contribution in [1.82, 2.24) is 10.2 Å². The van der Waals surface area contributed by atoms with Gasteiger partial charge in [-0.1, -0.05) is 23.7 Å². The Morgan fingerprint density at radius 1 is 1.37 bits per heavy atom. The minimum Gasteiger partial charge on any atom is -0.312 e. The molecule has 2 rings (SSSR count). The molecule has 106 valence electrons. The summed E-state index contributed by atoms with van der Waals surface area (Å²) >= 11 is 6.03. The van der Waals surface area contributed by atoms with Gasteiger partial charge in [0.15, 0.2) is 0 Å². The van der Waals surface area contributed by atoms with E-state index in [1.165, 1.54) is 25.1 Å². The third-order valence-electron chi connectivity index (χ3n) is 3.59. The number of nitrogens with zero attached hydrogens (tertiary/aromatic N) is 1. The van der Waals surface area contributed by atoms with Gasteiger partial charge in [-0.15, -0.1) is 0 Å². The fourth-order valence-electron chi connectivity index (χ4n) is 2.57. The quantitative estimate of drug-likeness (QED) is 0.907. The molecule has 1 aromatic carbocycles. The first kappa shape index (κ1) is 14.8. The van der Waals surface area contributed by atoms with E-state index in [1.54, 1.807) is 0 Å². The summed E-state index contributed by atoms with van der Waals surface area (Å²) in [6.45, 7) is 11.2. The Bertz CT molecular complexity index is 411. The predicted octanol–water partition coefficient (Wildman–Crippen LogP) is 3.55. The summed E-state index contributed by atoms with van der Waals surface area (Å²) in [4.78, 5) is 2.53. The molecule has 0 aliphatic carbocycles. The average Bonchev–Trinajstić information content (AvgIpc) is 2.73. The second-order valence-electron chi connectivity index (χ2n) is 6.65. The zero-order valence-electron chi connectivity index (χ0n) is 12.2. The summed E-state index contributed by atoms with van der Waals surface area (Å²) in [5, 5.41) is 4.45. The van der Waals surface area contributed by atoms with Crippen molar-refractivity contribution in [3.05, 3.63) is 34.9 Å². The van der Waals surface area contributed by atoms with E-state index in [-0.39, 0.29) is 5.54 Å². The lowest BCUT2D eigenvalue weighted by Crippen LogP contribution is -2.39. The van der Waals surface area contributed by atoms with Crippen molar-refractivity contribution in [2.24, 2.45) is 5.92 Å². The third kappa shape index (κ3) is 5.13. The molecule has 1 atom stereocenters. The summed E-state index contributed by atoms with van der Waals surface area (Å²) < 4.78 is 0. The van der Waals surface area contributed by atoms with Crippen LogP contribution in [0.4, 0.5) is 0 Å². The van der Waals surface area contributed by atoms with Gasteiger partial charge in [0.1, 0.15) is 0 Å². The normalized spacial score (nSPS) is 20.9. The van der Waals surface area contributed by atoms with E-state index in [1.807, 2.05) is 12.1 Å². The van der Waals surface area contributed by atoms with Crippen molar-refractivity contribution >= 4 is 11.6 Å². The summed E-state index contributed by atoms with van der Waals surface area (Å²) in [5.41, 5.74) is 1.54. The number of hydrogen-bond acceptors (Lipinski definition) is 2. The summed E-state index contributed by atoms with van der Waals surface area (Å²) in [6.07, 6.45) is 1.30. The molecule has 1 aliphatic rings. The van der Waals surface area contributed by atoms with Gasteiger partial charge in [0.05, 0.1) is 0 Å². The van der Waals surface area contributed by atoms with E-state index in [2.05, 4.69) is 43.1 Å². The van der Waals surface area contributed by atoms with Gasteiger partial charge in [0, 0.05) is 23.7 Å². The number of nitrogens with one attached hydrogen (secondary N) is 1. The van der Waals surface area contributed by atoms with Crippen molar-refractivity contribution in [3.63, 3.8) is 0 Å². The Morgan fingerprint density at radius 3 is 2.84 bits per heavy atom. The van der Waals surface area contributed by atoms with Gasteiger partial charge in [0.2, 0.25) is 0 Å². The fraction of sp³-hybridized carbons (Fsp3) is 0.625. The minimum atomic E-state index is 0.223. The Hall–Kier alpha value is -0.570. The highest BCUT2D eigenvalue weighted by Crippen LogP contribution is 2.20. The molecule has 2 nitrogen and oxygen atoms in total. The van der Waals surface area contributed by atoms with Crippen LogP contribution in [0.25, 0.3) is 0 Å². The first-order valence-corrected chi connectivity index (χ1v) is 7.52. The maximum absolute atomic E-state index is 6.03. The van der Waals surface area contributed by atoms with E-state index >= 15 is 0 Å². The Morgan fingerprint density at radius 2 is 2.16 bits per heavy atom. The van der Waals surface area contributed by atoms with Crippen LogP contribution in [0.3, 0.4) is 0 Å². The molecular formula is C16H25ClN2. The fourth-order valence-corrected chi connectivity index (χ4v) is 2.78. The van der Waals surface area contributed by atoms with Gasteiger partial charge >= 0.3 is 0 Å². The van der Waals surface area contributed by atoms with Crippen LogP contribution in [0.15, 0.2) is 24.3 Å². The molecule has 0 bridgehead atoms. The van der Waals surface area contributed by atoms with Gasteiger partial charge in [0.25, 0.3) is 0 Å². The van der Waals surface area contributed by atoms with Gasteiger partial charge in [-0.25, -0.2) is 0 Å². The molecule has 0 spiro atoms. The van der Waals surface area contributed by atoms with Crippen molar-refractivity contribution < 1.29 is 0 Å². The maximum atomic E-state index is 6.03. The molecule has 0 amide bonds. The second kappa shape index (κ2) is 6.25. The molecule has 1 N–H and O–H groups in total. The van der Waals surface area contributed by atoms with E-state index in [0.29, 0.717) is 0 Å². The highest BCUT2D eigenvalue weighted by molar-refractivity contribution is 6.30. The molecular weight excluding hydrogens is 256 g/mol. The summed E-state index contributed by atoms with van der Waals surface area (Å²) in [6, 6.07) is 8.20. The number of benzene rings is 1. The van der Waals surface area contributed by atoms with E-state index < -0.39 is 0 Å². The molecule has 0 saturated carbocycles. The zero-order chi connectivity index (χ0) is 13.9. The van der Waals surface area contributed by atoms with Crippen molar-refractivity contribution in [2.75, 3.05) is 19.6 Å². The molecule has 1 aliphatic heterocycles. The minimum absolute atomic E-state index is 0.223. The molecule has 1 saturated heterocycles. The van der Waals surface area contributed by atoms with Crippen molar-refractivity contribution in [3.8, 4) is 0 Å². The van der Waals surface area contributed by atoms with Gasteiger partial charge in [-0.2, -0.15) is 0 Å². The first-order valence-electron chi connectivity index (χ1n) is 7.14. The largest absolute Gasteiger partial charge is 0.312 e. The maximum Gasteiger partial charge on any atom is 0.0409 e. The number of halogens is 1. The summed E-state index contributed by atoms with van der Waals surface area (Å²) in [5.74, 6) is 0.776. The highest BCUT2D eigenvalue weighted by Gasteiger charge is 2.23. The van der Waals surface area contributed by atoms with Crippen LogP contribution in [0, 0.1) is 5.92 Å². The number of likely N-dealkylation sites (tertiary alicyclic amines) is 1. The van der Waals surface area contributed by atoms with Crippen LogP contribution in [-0.2, 0) is 6.54 Å². The Labute approximate surface area is 122 Å². The molecule has 3 heteroatoms. The SMILES string of the molecule is CC(C)(C)NCC1CCN(Cc2cccc(Cl)c2)C1. The van der Waals surface area contributed by atoms with Gasteiger partial charge in [-0.3, -0.25) is 4.90 Å². The highest BCUT2D eigenvalue weighted by atomic mass is 35.5. The van der Waals surface area contributed by atoms with Crippen molar-refractivity contribution in [2.45, 2.75) is 39.3 Å². The number of hydrogen-bond donors (Lipinski definition) is 1. The van der Waals surface area contributed by atoms with E-state index in [4.69, 9.17) is 11.6 Å². The van der Waals surface area contributed by atoms with E-state index in [0.717, 1.165) is 24.0 Å². The Balaban J connectivity index is 1.79. The third-order valence-corrected chi connectivity index (χ3v) is 3.82. The van der Waals surface area contributed by atoms with Gasteiger partial charge < -0.3 is 5.32 Å². The van der Waals surface area contributed by atoms with Gasteiger partial charge in [-0.05, 0) is 63.9 Å². The predicted molar refractivity (Wildman–Crippen MR) is 82.6 cm³/mol. The molecule has 19 heavy (non-hydrogen) atoms. The van der Waals surface area contributed by atoms with Crippen LogP contribution in [0.2, 0.25) is 5.02 Å². The lowest BCUT2D eigenvalue weighted by Gasteiger charge is -2.23. The van der Waals surface area contributed by atoms with Crippen LogP contribution in [0.1, 0.15) is 32.8 Å². The second-order valence-corrected chi connectivity index (χ2v) is 7.09.